The van der Waals surface area contributed by atoms with Gasteiger partial charge in [0.25, 0.3) is 0 Å². The average molecular weight is 324 g/mol. The van der Waals surface area contributed by atoms with Gasteiger partial charge in [0.15, 0.2) is 5.78 Å². The molecular formula is C21H24O3. The lowest BCUT2D eigenvalue weighted by atomic mass is 9.99. The molecule has 0 unspecified atom stereocenters. The van der Waals surface area contributed by atoms with E-state index in [2.05, 4.69) is 6.92 Å². The van der Waals surface area contributed by atoms with Crippen molar-refractivity contribution >= 4 is 5.78 Å². The van der Waals surface area contributed by atoms with Gasteiger partial charge < -0.3 is 9.47 Å². The maximum absolute atomic E-state index is 12.4. The van der Waals surface area contributed by atoms with Crippen LogP contribution in [0.1, 0.15) is 55.9 Å². The monoisotopic (exact) mass is 324 g/mol. The van der Waals surface area contributed by atoms with Gasteiger partial charge in [-0.2, -0.15) is 0 Å². The second kappa shape index (κ2) is 8.22. The summed E-state index contributed by atoms with van der Waals surface area (Å²) in [5.41, 5.74) is 2.07. The summed E-state index contributed by atoms with van der Waals surface area (Å²) in [5, 5.41) is 0. The van der Waals surface area contributed by atoms with Crippen LogP contribution >= 0.6 is 0 Å². The quantitative estimate of drug-likeness (QED) is 0.673. The van der Waals surface area contributed by atoms with Gasteiger partial charge in [0.05, 0.1) is 0 Å². The smallest absolute Gasteiger partial charge is 0.219 e. The number of unbranched alkanes of at least 4 members (excludes halogenated alkanes) is 2. The van der Waals surface area contributed by atoms with Gasteiger partial charge >= 0.3 is 0 Å². The SMILES string of the molecule is CCCCCC(=O)C1O[C@@H](c2ccccc2)[C@H](c2ccccc2)O1. The standard InChI is InChI=1S/C21H24O3/c1-2-3-6-15-18(22)21-23-19(16-11-7-4-8-12-16)20(24-21)17-13-9-5-10-14-17/h4-5,7-14,19-21H,2-3,6,15H2,1H3/t19-,20-/m0/s1. The third-order valence-electron chi connectivity index (χ3n) is 4.36. The molecule has 0 amide bonds. The van der Waals surface area contributed by atoms with E-state index in [0.717, 1.165) is 30.4 Å². The number of hydrogen-bond acceptors (Lipinski definition) is 3. The number of hydrogen-bond donors (Lipinski definition) is 0. The molecule has 3 nitrogen and oxygen atoms in total. The summed E-state index contributed by atoms with van der Waals surface area (Å²) in [6, 6.07) is 20.0. The molecule has 0 N–H and O–H groups in total. The van der Waals surface area contributed by atoms with Gasteiger partial charge in [0.1, 0.15) is 12.2 Å². The fraction of sp³-hybridized carbons (Fsp3) is 0.381. The molecule has 1 fully saturated rings. The zero-order chi connectivity index (χ0) is 16.8. The summed E-state index contributed by atoms with van der Waals surface area (Å²) in [6.45, 7) is 2.13. The van der Waals surface area contributed by atoms with E-state index >= 15 is 0 Å². The summed E-state index contributed by atoms with van der Waals surface area (Å²) in [5.74, 6) is 0.0443. The van der Waals surface area contributed by atoms with Crippen molar-refractivity contribution in [2.24, 2.45) is 0 Å². The first-order valence-electron chi connectivity index (χ1n) is 8.73. The van der Waals surface area contributed by atoms with E-state index in [4.69, 9.17) is 9.47 Å². The van der Waals surface area contributed by atoms with Crippen LogP contribution in [0.2, 0.25) is 0 Å². The first-order valence-corrected chi connectivity index (χ1v) is 8.73. The largest absolute Gasteiger partial charge is 0.335 e. The minimum Gasteiger partial charge on any atom is -0.335 e. The molecule has 1 saturated heterocycles. The Morgan fingerprint density at radius 1 is 0.833 bits per heavy atom. The molecule has 2 atom stereocenters. The van der Waals surface area contributed by atoms with Crippen molar-refractivity contribution in [2.75, 3.05) is 0 Å². The van der Waals surface area contributed by atoms with Crippen molar-refractivity contribution in [3.05, 3.63) is 71.8 Å². The van der Waals surface area contributed by atoms with E-state index in [9.17, 15) is 4.79 Å². The molecule has 3 rings (SSSR count). The van der Waals surface area contributed by atoms with E-state index in [-0.39, 0.29) is 18.0 Å². The maximum Gasteiger partial charge on any atom is 0.219 e. The molecule has 1 aliphatic rings. The second-order valence-corrected chi connectivity index (χ2v) is 6.19. The van der Waals surface area contributed by atoms with Crippen LogP contribution in [0, 0.1) is 0 Å². The van der Waals surface area contributed by atoms with E-state index in [1.54, 1.807) is 0 Å². The Labute approximate surface area is 143 Å². The molecule has 0 spiro atoms. The molecule has 1 heterocycles. The van der Waals surface area contributed by atoms with E-state index in [0.29, 0.717) is 6.42 Å². The lowest BCUT2D eigenvalue weighted by molar-refractivity contribution is -0.148. The van der Waals surface area contributed by atoms with Gasteiger partial charge in [0, 0.05) is 6.42 Å². The first kappa shape index (κ1) is 16.9. The first-order chi connectivity index (χ1) is 11.8. The third kappa shape index (κ3) is 3.92. The number of ether oxygens (including phenoxy) is 2. The fourth-order valence-corrected chi connectivity index (χ4v) is 3.05. The molecule has 3 heteroatoms. The zero-order valence-electron chi connectivity index (χ0n) is 14.1. The van der Waals surface area contributed by atoms with Gasteiger partial charge in [-0.1, -0.05) is 80.4 Å². The average Bonchev–Trinajstić information content (AvgIpc) is 3.09. The van der Waals surface area contributed by atoms with Crippen LogP contribution in [-0.4, -0.2) is 12.1 Å². The molecule has 0 saturated carbocycles. The predicted octanol–water partition coefficient (Wildman–Crippen LogP) is 4.99. The van der Waals surface area contributed by atoms with Crippen LogP contribution in [0.4, 0.5) is 0 Å². The molecule has 126 valence electrons. The van der Waals surface area contributed by atoms with Crippen molar-refractivity contribution in [3.63, 3.8) is 0 Å². The topological polar surface area (TPSA) is 35.5 Å². The van der Waals surface area contributed by atoms with Crippen LogP contribution < -0.4 is 0 Å². The zero-order valence-corrected chi connectivity index (χ0v) is 14.1. The normalized spacial score (nSPS) is 21.0. The number of carbonyl (C=O) groups is 1. The molecule has 0 aromatic heterocycles. The van der Waals surface area contributed by atoms with Crippen LogP contribution in [-0.2, 0) is 14.3 Å². The summed E-state index contributed by atoms with van der Waals surface area (Å²) in [4.78, 5) is 12.4. The lowest BCUT2D eigenvalue weighted by Gasteiger charge is -2.17. The van der Waals surface area contributed by atoms with Gasteiger partial charge in [-0.3, -0.25) is 4.79 Å². The van der Waals surface area contributed by atoms with E-state index < -0.39 is 6.29 Å². The Hall–Kier alpha value is -1.97. The Morgan fingerprint density at radius 3 is 1.79 bits per heavy atom. The van der Waals surface area contributed by atoms with Crippen LogP contribution in [0.3, 0.4) is 0 Å². The van der Waals surface area contributed by atoms with Crippen molar-refractivity contribution in [2.45, 2.75) is 51.1 Å². The van der Waals surface area contributed by atoms with E-state index in [1.165, 1.54) is 0 Å². The van der Waals surface area contributed by atoms with Crippen LogP contribution in [0.15, 0.2) is 60.7 Å². The number of benzene rings is 2. The summed E-state index contributed by atoms with van der Waals surface area (Å²) in [6.07, 6.45) is 2.29. The molecule has 0 bridgehead atoms. The highest BCUT2D eigenvalue weighted by atomic mass is 16.7. The molecule has 24 heavy (non-hydrogen) atoms. The molecule has 2 aromatic rings. The van der Waals surface area contributed by atoms with Crippen LogP contribution in [0.25, 0.3) is 0 Å². The van der Waals surface area contributed by atoms with Gasteiger partial charge in [-0.05, 0) is 17.5 Å². The Morgan fingerprint density at radius 2 is 1.33 bits per heavy atom. The van der Waals surface area contributed by atoms with Crippen molar-refractivity contribution < 1.29 is 14.3 Å². The van der Waals surface area contributed by atoms with Crippen molar-refractivity contribution in [1.82, 2.24) is 0 Å². The Balaban J connectivity index is 1.78. The summed E-state index contributed by atoms with van der Waals surface area (Å²) >= 11 is 0. The Kier molecular flexibility index (Phi) is 5.78. The van der Waals surface area contributed by atoms with E-state index in [1.807, 2.05) is 60.7 Å². The van der Waals surface area contributed by atoms with Crippen molar-refractivity contribution in [1.29, 1.82) is 0 Å². The van der Waals surface area contributed by atoms with Crippen LogP contribution in [0.5, 0.6) is 0 Å². The molecule has 0 radical (unpaired) electrons. The lowest BCUT2D eigenvalue weighted by Crippen LogP contribution is -2.21. The highest BCUT2D eigenvalue weighted by Gasteiger charge is 2.40. The number of ketones is 1. The van der Waals surface area contributed by atoms with Gasteiger partial charge in [-0.15, -0.1) is 0 Å². The number of carbonyl (C=O) groups excluding carboxylic acids is 1. The summed E-state index contributed by atoms with van der Waals surface area (Å²) < 4.78 is 12.1. The minimum absolute atomic E-state index is 0.0443. The summed E-state index contributed by atoms with van der Waals surface area (Å²) in [7, 11) is 0. The minimum atomic E-state index is -0.766. The highest BCUT2D eigenvalue weighted by Crippen LogP contribution is 2.42. The van der Waals surface area contributed by atoms with Crippen molar-refractivity contribution in [3.8, 4) is 0 Å². The Bertz CT molecular complexity index is 591. The molecule has 1 aliphatic heterocycles. The number of Topliss-reactive ketones (excluding diaryl/α,β-unsaturated/α-hetero) is 1. The van der Waals surface area contributed by atoms with Gasteiger partial charge in [0.2, 0.25) is 6.29 Å². The molecule has 2 aromatic carbocycles. The highest BCUT2D eigenvalue weighted by molar-refractivity contribution is 5.82. The number of rotatable bonds is 7. The van der Waals surface area contributed by atoms with Gasteiger partial charge in [-0.25, -0.2) is 0 Å². The molecule has 0 aliphatic carbocycles. The molecular weight excluding hydrogens is 300 g/mol. The predicted molar refractivity (Wildman–Crippen MR) is 93.5 cm³/mol. The third-order valence-corrected chi connectivity index (χ3v) is 4.36. The fourth-order valence-electron chi connectivity index (χ4n) is 3.05. The maximum atomic E-state index is 12.4. The second-order valence-electron chi connectivity index (χ2n) is 6.19.